The van der Waals surface area contributed by atoms with Gasteiger partial charge in [0, 0.05) is 25.4 Å². The Morgan fingerprint density at radius 1 is 1.32 bits per heavy atom. The Morgan fingerprint density at radius 2 is 2.09 bits per heavy atom. The lowest BCUT2D eigenvalue weighted by molar-refractivity contribution is -0.0342. The maximum atomic E-state index is 12.1. The van der Waals surface area contributed by atoms with Crippen molar-refractivity contribution in [2.45, 2.75) is 45.8 Å². The molecule has 2 rings (SSSR count). The van der Waals surface area contributed by atoms with Crippen LogP contribution in [0.25, 0.3) is 0 Å². The second-order valence-corrected chi connectivity index (χ2v) is 5.58. The maximum absolute atomic E-state index is 12.1. The molecule has 0 atom stereocenters. The van der Waals surface area contributed by atoms with Crippen molar-refractivity contribution >= 4 is 11.7 Å². The van der Waals surface area contributed by atoms with Crippen molar-refractivity contribution in [3.05, 3.63) is 28.7 Å². The normalized spacial score (nSPS) is 14.7. The highest BCUT2D eigenvalue weighted by atomic mass is 16.5. The summed E-state index contributed by atoms with van der Waals surface area (Å²) in [5.41, 5.74) is 0.573. The number of aryl methyl sites for hydroxylation is 1. The lowest BCUT2D eigenvalue weighted by atomic mass is 10.2. The molecule has 0 bridgehead atoms. The Hall–Kier alpha value is -1.82. The third-order valence-electron chi connectivity index (χ3n) is 3.81. The molecule has 6 heteroatoms. The van der Waals surface area contributed by atoms with Crippen LogP contribution in [0.2, 0.25) is 0 Å². The van der Waals surface area contributed by atoms with E-state index in [0.717, 1.165) is 13.0 Å². The number of unbranched alkanes of at least 4 members (excludes halogenated alkanes) is 2. The first-order valence-electron chi connectivity index (χ1n) is 8.02. The highest BCUT2D eigenvalue weighted by molar-refractivity contribution is 5.89. The molecule has 0 aromatic carbocycles. The molecule has 0 spiro atoms. The number of amides is 2. The number of nitrogens with one attached hydrogen (secondary N) is 1. The molecule has 0 aliphatic carbocycles. The van der Waals surface area contributed by atoms with E-state index < -0.39 is 0 Å². The molecule has 2 heterocycles. The number of hydrogen-bond acceptors (Lipinski definition) is 3. The average molecular weight is 307 g/mol. The highest BCUT2D eigenvalue weighted by Crippen LogP contribution is 2.15. The van der Waals surface area contributed by atoms with Gasteiger partial charge >= 0.3 is 6.03 Å². The first-order valence-corrected chi connectivity index (χ1v) is 8.02. The number of nitrogens with zero attached hydrogens (tertiary/aromatic N) is 2. The lowest BCUT2D eigenvalue weighted by Crippen LogP contribution is -2.56. The zero-order valence-corrected chi connectivity index (χ0v) is 13.4. The number of urea groups is 1. The van der Waals surface area contributed by atoms with Crippen LogP contribution in [0.4, 0.5) is 10.5 Å². The Kier molecular flexibility index (Phi) is 6.00. The first-order chi connectivity index (χ1) is 10.6. The number of hydrogen-bond donors (Lipinski definition) is 1. The molecule has 1 fully saturated rings. The topological polar surface area (TPSA) is 63.6 Å². The van der Waals surface area contributed by atoms with E-state index >= 15 is 0 Å². The molecule has 1 aromatic heterocycles. The molecule has 1 aliphatic rings. The maximum Gasteiger partial charge on any atom is 0.322 e. The van der Waals surface area contributed by atoms with Crippen LogP contribution in [-0.4, -0.2) is 41.3 Å². The predicted octanol–water partition coefficient (Wildman–Crippen LogP) is 2.29. The van der Waals surface area contributed by atoms with Crippen molar-refractivity contribution in [2.24, 2.45) is 0 Å². The van der Waals surface area contributed by atoms with Crippen LogP contribution in [0.3, 0.4) is 0 Å². The van der Waals surface area contributed by atoms with Crippen molar-refractivity contribution in [3.63, 3.8) is 0 Å². The van der Waals surface area contributed by atoms with Crippen LogP contribution in [0.15, 0.2) is 23.1 Å². The minimum atomic E-state index is -0.144. The van der Waals surface area contributed by atoms with Crippen molar-refractivity contribution < 1.29 is 9.53 Å². The molecule has 1 aromatic rings. The van der Waals surface area contributed by atoms with E-state index in [1.54, 1.807) is 21.7 Å². The van der Waals surface area contributed by atoms with Crippen LogP contribution < -0.4 is 10.9 Å². The summed E-state index contributed by atoms with van der Waals surface area (Å²) < 4.78 is 7.26. The first kappa shape index (κ1) is 16.5. The van der Waals surface area contributed by atoms with Crippen LogP contribution >= 0.6 is 0 Å². The standard InChI is InChI=1S/C16H25N3O3/c1-3-5-6-9-22-14-11-19(12-14)16(21)17-13-7-8-15(20)18(4-2)10-13/h7-8,10,14H,3-6,9,11-12H2,1-2H3,(H,17,21). The molecule has 0 radical (unpaired) electrons. The summed E-state index contributed by atoms with van der Waals surface area (Å²) >= 11 is 0. The average Bonchev–Trinajstić information content (AvgIpc) is 2.47. The van der Waals surface area contributed by atoms with Crippen LogP contribution in [0.5, 0.6) is 0 Å². The van der Waals surface area contributed by atoms with Crippen molar-refractivity contribution in [1.29, 1.82) is 0 Å². The SMILES string of the molecule is CCCCCOC1CN(C(=O)Nc2ccc(=O)n(CC)c2)C1. The zero-order chi connectivity index (χ0) is 15.9. The van der Waals surface area contributed by atoms with Gasteiger partial charge in [0.05, 0.1) is 24.9 Å². The van der Waals surface area contributed by atoms with E-state index in [1.165, 1.54) is 18.9 Å². The van der Waals surface area contributed by atoms with Gasteiger partial charge in [-0.3, -0.25) is 4.79 Å². The minimum absolute atomic E-state index is 0.0648. The second kappa shape index (κ2) is 7.98. The third-order valence-corrected chi connectivity index (χ3v) is 3.81. The van der Waals surface area contributed by atoms with E-state index in [0.29, 0.717) is 25.3 Å². The number of rotatable bonds is 7. The smallest absolute Gasteiger partial charge is 0.322 e. The summed E-state index contributed by atoms with van der Waals surface area (Å²) in [5.74, 6) is 0. The van der Waals surface area contributed by atoms with E-state index in [4.69, 9.17) is 4.74 Å². The van der Waals surface area contributed by atoms with E-state index in [9.17, 15) is 9.59 Å². The molecule has 2 amide bonds. The quantitative estimate of drug-likeness (QED) is 0.786. The molecule has 1 N–H and O–H groups in total. The van der Waals surface area contributed by atoms with Crippen molar-refractivity contribution in [2.75, 3.05) is 25.0 Å². The van der Waals surface area contributed by atoms with Gasteiger partial charge in [-0.15, -0.1) is 0 Å². The van der Waals surface area contributed by atoms with Gasteiger partial charge in [0.2, 0.25) is 0 Å². The van der Waals surface area contributed by atoms with Crippen LogP contribution in [0.1, 0.15) is 33.1 Å². The minimum Gasteiger partial charge on any atom is -0.375 e. The van der Waals surface area contributed by atoms with Gasteiger partial charge < -0.3 is 19.5 Å². The van der Waals surface area contributed by atoms with Gasteiger partial charge in [-0.2, -0.15) is 0 Å². The fourth-order valence-corrected chi connectivity index (χ4v) is 2.37. The predicted molar refractivity (Wildman–Crippen MR) is 86.2 cm³/mol. The van der Waals surface area contributed by atoms with Gasteiger partial charge in [0.15, 0.2) is 0 Å². The monoisotopic (exact) mass is 307 g/mol. The molecule has 22 heavy (non-hydrogen) atoms. The third kappa shape index (κ3) is 4.34. The number of aromatic nitrogens is 1. The molecular weight excluding hydrogens is 282 g/mol. The van der Waals surface area contributed by atoms with Crippen molar-refractivity contribution in [3.8, 4) is 0 Å². The molecular formula is C16H25N3O3. The molecule has 0 unspecified atom stereocenters. The summed E-state index contributed by atoms with van der Waals surface area (Å²) in [6, 6.07) is 2.95. The zero-order valence-electron chi connectivity index (χ0n) is 13.4. The lowest BCUT2D eigenvalue weighted by Gasteiger charge is -2.38. The largest absolute Gasteiger partial charge is 0.375 e. The Morgan fingerprint density at radius 3 is 2.77 bits per heavy atom. The van der Waals surface area contributed by atoms with E-state index in [2.05, 4.69) is 12.2 Å². The fourth-order valence-electron chi connectivity index (χ4n) is 2.37. The van der Waals surface area contributed by atoms with Gasteiger partial charge in [0.25, 0.3) is 5.56 Å². The second-order valence-electron chi connectivity index (χ2n) is 5.58. The fraction of sp³-hybridized carbons (Fsp3) is 0.625. The van der Waals surface area contributed by atoms with E-state index in [-0.39, 0.29) is 17.7 Å². The Balaban J connectivity index is 1.74. The summed E-state index contributed by atoms with van der Waals surface area (Å²) in [6.07, 6.45) is 5.27. The molecule has 0 saturated carbocycles. The Labute approximate surface area is 131 Å². The van der Waals surface area contributed by atoms with E-state index in [1.807, 2.05) is 6.92 Å². The molecule has 6 nitrogen and oxygen atoms in total. The highest BCUT2D eigenvalue weighted by Gasteiger charge is 2.31. The van der Waals surface area contributed by atoms with Gasteiger partial charge in [-0.25, -0.2) is 4.79 Å². The van der Waals surface area contributed by atoms with Crippen LogP contribution in [-0.2, 0) is 11.3 Å². The number of carbonyl (C=O) groups is 1. The number of ether oxygens (including phenoxy) is 1. The number of carbonyl (C=O) groups excluding carboxylic acids is 1. The Bertz CT molecular complexity index is 550. The number of anilines is 1. The number of pyridine rings is 1. The van der Waals surface area contributed by atoms with Crippen LogP contribution in [0, 0.1) is 0 Å². The number of likely N-dealkylation sites (tertiary alicyclic amines) is 1. The summed E-state index contributed by atoms with van der Waals surface area (Å²) in [6.45, 7) is 6.67. The van der Waals surface area contributed by atoms with Crippen molar-refractivity contribution in [1.82, 2.24) is 9.47 Å². The summed E-state index contributed by atoms with van der Waals surface area (Å²) in [7, 11) is 0. The van der Waals surface area contributed by atoms with Gasteiger partial charge in [0.1, 0.15) is 0 Å². The van der Waals surface area contributed by atoms with Gasteiger partial charge in [-0.1, -0.05) is 19.8 Å². The molecule has 122 valence electrons. The molecule has 1 aliphatic heterocycles. The van der Waals surface area contributed by atoms with Gasteiger partial charge in [-0.05, 0) is 19.4 Å². The summed E-state index contributed by atoms with van der Waals surface area (Å²) in [5, 5.41) is 2.81. The summed E-state index contributed by atoms with van der Waals surface area (Å²) in [4.78, 5) is 25.3. The molecule has 1 saturated heterocycles.